The SMILES string of the molecule is Cc1ccccc1OCC(=O)N(CC(=O)O)CC(F)(F)F. The van der Waals surface area contributed by atoms with Crippen molar-refractivity contribution in [2.45, 2.75) is 13.1 Å². The Morgan fingerprint density at radius 2 is 1.90 bits per heavy atom. The molecule has 21 heavy (non-hydrogen) atoms. The topological polar surface area (TPSA) is 66.8 Å². The number of carbonyl (C=O) groups excluding carboxylic acids is 1. The van der Waals surface area contributed by atoms with Crippen molar-refractivity contribution in [2.75, 3.05) is 19.7 Å². The van der Waals surface area contributed by atoms with Gasteiger partial charge in [-0.05, 0) is 18.6 Å². The molecule has 0 aliphatic carbocycles. The molecule has 0 bridgehead atoms. The van der Waals surface area contributed by atoms with Gasteiger partial charge in [0.25, 0.3) is 5.91 Å². The molecule has 1 rings (SSSR count). The number of ether oxygens (including phenoxy) is 1. The summed E-state index contributed by atoms with van der Waals surface area (Å²) in [5, 5.41) is 8.56. The number of aliphatic carboxylic acids is 1. The van der Waals surface area contributed by atoms with Gasteiger partial charge in [-0.2, -0.15) is 13.2 Å². The van der Waals surface area contributed by atoms with Gasteiger partial charge < -0.3 is 14.7 Å². The summed E-state index contributed by atoms with van der Waals surface area (Å²) in [4.78, 5) is 22.4. The fourth-order valence-corrected chi connectivity index (χ4v) is 1.56. The smallest absolute Gasteiger partial charge is 0.406 e. The molecule has 116 valence electrons. The van der Waals surface area contributed by atoms with Gasteiger partial charge in [-0.3, -0.25) is 9.59 Å². The third-order valence-corrected chi connectivity index (χ3v) is 2.49. The van der Waals surface area contributed by atoms with Gasteiger partial charge in [-0.1, -0.05) is 18.2 Å². The van der Waals surface area contributed by atoms with Crippen LogP contribution >= 0.6 is 0 Å². The van der Waals surface area contributed by atoms with Crippen molar-refractivity contribution in [3.05, 3.63) is 29.8 Å². The number of nitrogens with zero attached hydrogens (tertiary/aromatic N) is 1. The number of amides is 1. The van der Waals surface area contributed by atoms with Crippen molar-refractivity contribution in [1.29, 1.82) is 0 Å². The van der Waals surface area contributed by atoms with Gasteiger partial charge in [0, 0.05) is 0 Å². The Bertz CT molecular complexity index is 516. The van der Waals surface area contributed by atoms with E-state index in [1.165, 1.54) is 0 Å². The summed E-state index contributed by atoms with van der Waals surface area (Å²) < 4.78 is 42.1. The lowest BCUT2D eigenvalue weighted by Crippen LogP contribution is -2.44. The number of halogens is 3. The van der Waals surface area contributed by atoms with Gasteiger partial charge in [0.1, 0.15) is 18.8 Å². The molecule has 0 fully saturated rings. The van der Waals surface area contributed by atoms with Crippen molar-refractivity contribution in [3.8, 4) is 5.75 Å². The second-order valence-electron chi connectivity index (χ2n) is 4.31. The first kappa shape index (κ1) is 16.8. The standard InChI is InChI=1S/C13H14F3NO4/c1-9-4-2-3-5-10(9)21-7-11(18)17(6-12(19)20)8-13(14,15)16/h2-5H,6-8H2,1H3,(H,19,20). The van der Waals surface area contributed by atoms with Crippen molar-refractivity contribution in [2.24, 2.45) is 0 Å². The quantitative estimate of drug-likeness (QED) is 0.871. The van der Waals surface area contributed by atoms with Crippen LogP contribution in [0.2, 0.25) is 0 Å². The Labute approximate surface area is 118 Å². The lowest BCUT2D eigenvalue weighted by atomic mass is 10.2. The van der Waals surface area contributed by atoms with E-state index in [0.717, 1.165) is 0 Å². The Morgan fingerprint density at radius 1 is 1.29 bits per heavy atom. The predicted octanol–water partition coefficient (Wildman–Crippen LogP) is 1.85. The first-order valence-corrected chi connectivity index (χ1v) is 5.94. The number of hydrogen-bond acceptors (Lipinski definition) is 3. The summed E-state index contributed by atoms with van der Waals surface area (Å²) in [7, 11) is 0. The molecule has 8 heteroatoms. The molecule has 0 unspecified atom stereocenters. The summed E-state index contributed by atoms with van der Waals surface area (Å²) in [6.07, 6.45) is -4.67. The summed E-state index contributed by atoms with van der Waals surface area (Å²) in [6.45, 7) is -1.61. The molecule has 0 spiro atoms. The van der Waals surface area contributed by atoms with Gasteiger partial charge in [-0.25, -0.2) is 0 Å². The summed E-state index contributed by atoms with van der Waals surface area (Å²) in [5.41, 5.74) is 0.714. The summed E-state index contributed by atoms with van der Waals surface area (Å²) in [5.74, 6) is -2.21. The summed E-state index contributed by atoms with van der Waals surface area (Å²) in [6, 6.07) is 6.67. The van der Waals surface area contributed by atoms with E-state index in [0.29, 0.717) is 11.3 Å². The predicted molar refractivity (Wildman–Crippen MR) is 66.9 cm³/mol. The van der Waals surface area contributed by atoms with Crippen molar-refractivity contribution < 1.29 is 32.6 Å². The van der Waals surface area contributed by atoms with Gasteiger partial charge in [0.2, 0.25) is 0 Å². The molecule has 1 aromatic rings. The van der Waals surface area contributed by atoms with Crippen LogP contribution in [0.5, 0.6) is 5.75 Å². The molecule has 0 aliphatic rings. The van der Waals surface area contributed by atoms with Gasteiger partial charge >= 0.3 is 12.1 Å². The molecule has 0 atom stereocenters. The van der Waals surface area contributed by atoms with E-state index >= 15 is 0 Å². The zero-order valence-corrected chi connectivity index (χ0v) is 11.2. The molecule has 1 amide bonds. The third kappa shape index (κ3) is 6.15. The van der Waals surface area contributed by atoms with E-state index in [9.17, 15) is 22.8 Å². The number of aryl methyl sites for hydroxylation is 1. The van der Waals surface area contributed by atoms with Crippen molar-refractivity contribution >= 4 is 11.9 Å². The first-order valence-electron chi connectivity index (χ1n) is 5.94. The number of carboxylic acids is 1. The molecule has 0 heterocycles. The van der Waals surface area contributed by atoms with Crippen LogP contribution in [0.25, 0.3) is 0 Å². The molecular formula is C13H14F3NO4. The number of benzene rings is 1. The minimum atomic E-state index is -4.67. The molecular weight excluding hydrogens is 291 g/mol. The van der Waals surface area contributed by atoms with Crippen LogP contribution in [-0.2, 0) is 9.59 Å². The minimum Gasteiger partial charge on any atom is -0.484 e. The van der Waals surface area contributed by atoms with Crippen molar-refractivity contribution in [1.82, 2.24) is 4.90 Å². The Morgan fingerprint density at radius 3 is 2.43 bits per heavy atom. The Balaban J connectivity index is 2.68. The van der Waals surface area contributed by atoms with E-state index in [4.69, 9.17) is 9.84 Å². The zero-order valence-electron chi connectivity index (χ0n) is 11.2. The fourth-order valence-electron chi connectivity index (χ4n) is 1.56. The monoisotopic (exact) mass is 305 g/mol. The molecule has 5 nitrogen and oxygen atoms in total. The number of para-hydroxylation sites is 1. The molecule has 1 aromatic carbocycles. The average molecular weight is 305 g/mol. The second kappa shape index (κ2) is 6.96. The maximum atomic E-state index is 12.3. The van der Waals surface area contributed by atoms with Crippen LogP contribution < -0.4 is 4.74 Å². The maximum absolute atomic E-state index is 12.3. The van der Waals surface area contributed by atoms with Gasteiger partial charge in [0.05, 0.1) is 0 Å². The number of rotatable bonds is 6. The highest BCUT2D eigenvalue weighted by atomic mass is 19.4. The van der Waals surface area contributed by atoms with Crippen LogP contribution in [-0.4, -0.2) is 47.8 Å². The molecule has 0 aromatic heterocycles. The lowest BCUT2D eigenvalue weighted by molar-refractivity contribution is -0.166. The Hall–Kier alpha value is -2.25. The second-order valence-corrected chi connectivity index (χ2v) is 4.31. The highest BCUT2D eigenvalue weighted by Gasteiger charge is 2.34. The van der Waals surface area contributed by atoms with Crippen molar-refractivity contribution in [3.63, 3.8) is 0 Å². The zero-order chi connectivity index (χ0) is 16.0. The van der Waals surface area contributed by atoms with E-state index in [1.807, 2.05) is 0 Å². The molecule has 1 N–H and O–H groups in total. The largest absolute Gasteiger partial charge is 0.484 e. The number of carboxylic acid groups (broad SMARTS) is 1. The molecule has 0 saturated heterocycles. The number of carbonyl (C=O) groups is 2. The molecule has 0 saturated carbocycles. The first-order chi connectivity index (χ1) is 9.69. The van der Waals surface area contributed by atoms with E-state index < -0.39 is 37.7 Å². The van der Waals surface area contributed by atoms with Crippen LogP contribution in [0.4, 0.5) is 13.2 Å². The lowest BCUT2D eigenvalue weighted by Gasteiger charge is -2.22. The third-order valence-electron chi connectivity index (χ3n) is 2.49. The summed E-state index contributed by atoms with van der Waals surface area (Å²) >= 11 is 0. The fraction of sp³-hybridized carbons (Fsp3) is 0.385. The van der Waals surface area contributed by atoms with Gasteiger partial charge in [0.15, 0.2) is 6.61 Å². The van der Waals surface area contributed by atoms with Crippen LogP contribution in [0.3, 0.4) is 0 Å². The number of hydrogen-bond donors (Lipinski definition) is 1. The van der Waals surface area contributed by atoms with E-state index in [2.05, 4.69) is 0 Å². The van der Waals surface area contributed by atoms with Crippen LogP contribution in [0.15, 0.2) is 24.3 Å². The van der Waals surface area contributed by atoms with Crippen LogP contribution in [0, 0.1) is 6.92 Å². The molecule has 0 aliphatic heterocycles. The normalized spacial score (nSPS) is 11.0. The number of alkyl halides is 3. The van der Waals surface area contributed by atoms with Crippen LogP contribution in [0.1, 0.15) is 5.56 Å². The highest BCUT2D eigenvalue weighted by molar-refractivity contribution is 5.82. The molecule has 0 radical (unpaired) electrons. The van der Waals surface area contributed by atoms with E-state index in [-0.39, 0.29) is 4.90 Å². The van der Waals surface area contributed by atoms with E-state index in [1.54, 1.807) is 31.2 Å². The average Bonchev–Trinajstić information content (AvgIpc) is 2.34. The Kier molecular flexibility index (Phi) is 5.57. The van der Waals surface area contributed by atoms with Gasteiger partial charge in [-0.15, -0.1) is 0 Å². The highest BCUT2D eigenvalue weighted by Crippen LogP contribution is 2.18. The minimum absolute atomic E-state index is 0.195. The maximum Gasteiger partial charge on any atom is 0.406 e.